The molecule has 0 amide bonds. The summed E-state index contributed by atoms with van der Waals surface area (Å²) in [6.07, 6.45) is 1.46. The summed E-state index contributed by atoms with van der Waals surface area (Å²) in [4.78, 5) is 0. The summed E-state index contributed by atoms with van der Waals surface area (Å²) in [5.74, 6) is 1.98. The Morgan fingerprint density at radius 3 is 1.75 bits per heavy atom. The fraction of sp³-hybridized carbons (Fsp3) is 0.714. The third-order valence-corrected chi connectivity index (χ3v) is 1.73. The van der Waals surface area contributed by atoms with Crippen molar-refractivity contribution < 1.29 is 4.74 Å². The zero-order chi connectivity index (χ0) is 5.98. The van der Waals surface area contributed by atoms with Crippen molar-refractivity contribution >= 4 is 0 Å². The Kier molecular flexibility index (Phi) is 1.69. The van der Waals surface area contributed by atoms with E-state index in [-0.39, 0.29) is 0 Å². The average molecular weight is 112 g/mol. The normalized spacial score (nSPS) is 39.5. The highest BCUT2D eigenvalue weighted by molar-refractivity contribution is 4.89. The van der Waals surface area contributed by atoms with E-state index in [1.807, 2.05) is 0 Å². The van der Waals surface area contributed by atoms with Crippen molar-refractivity contribution in [3.05, 3.63) is 13.2 Å². The maximum absolute atomic E-state index is 5.11. The smallest absolute Gasteiger partial charge is 0.0498 e. The molecule has 0 aromatic carbocycles. The van der Waals surface area contributed by atoms with Crippen LogP contribution in [0, 0.1) is 11.8 Å². The van der Waals surface area contributed by atoms with Gasteiger partial charge in [-0.25, -0.2) is 0 Å². The Hall–Kier alpha value is -0.300. The van der Waals surface area contributed by atoms with Crippen molar-refractivity contribution in [2.45, 2.75) is 6.42 Å². The molecule has 1 saturated carbocycles. The lowest BCUT2D eigenvalue weighted by atomic mass is 10.4. The van der Waals surface area contributed by atoms with Crippen LogP contribution in [0.2, 0.25) is 0 Å². The molecule has 0 N–H and O–H groups in total. The van der Waals surface area contributed by atoms with Crippen molar-refractivity contribution in [3.8, 4) is 0 Å². The fourth-order valence-electron chi connectivity index (χ4n) is 1.09. The Morgan fingerprint density at radius 2 is 1.62 bits per heavy atom. The predicted octanol–water partition coefficient (Wildman–Crippen LogP) is 1.45. The lowest BCUT2D eigenvalue weighted by Gasteiger charge is -1.87. The van der Waals surface area contributed by atoms with Gasteiger partial charge in [-0.05, 0) is 18.3 Å². The largest absolute Gasteiger partial charge is 0.381 e. The maximum atomic E-state index is 5.11. The van der Waals surface area contributed by atoms with E-state index in [0.29, 0.717) is 0 Å². The van der Waals surface area contributed by atoms with Gasteiger partial charge in [-0.3, -0.25) is 0 Å². The van der Waals surface area contributed by atoms with Crippen molar-refractivity contribution in [1.82, 2.24) is 0 Å². The third-order valence-electron chi connectivity index (χ3n) is 1.73. The van der Waals surface area contributed by atoms with Gasteiger partial charge in [-0.2, -0.15) is 0 Å². The van der Waals surface area contributed by atoms with Gasteiger partial charge < -0.3 is 4.74 Å². The minimum absolute atomic E-state index is 0.991. The Bertz CT molecular complexity index is 72.5. The summed E-state index contributed by atoms with van der Waals surface area (Å²) in [5.41, 5.74) is 0. The zero-order valence-corrected chi connectivity index (χ0v) is 5.10. The zero-order valence-electron chi connectivity index (χ0n) is 5.10. The molecule has 2 rings (SSSR count). The van der Waals surface area contributed by atoms with Gasteiger partial charge in [0.15, 0.2) is 0 Å². The summed E-state index contributed by atoms with van der Waals surface area (Å²) in [5, 5.41) is 0. The first-order chi connectivity index (χ1) is 3.97. The number of fused-ring (bicyclic) bond motifs is 1. The lowest BCUT2D eigenvalue weighted by Crippen LogP contribution is -1.86. The second kappa shape index (κ2) is 2.31. The average Bonchev–Trinajstić information content (AvgIpc) is 2.46. The molecule has 8 heavy (non-hydrogen) atoms. The van der Waals surface area contributed by atoms with Crippen LogP contribution in [-0.4, -0.2) is 13.2 Å². The first kappa shape index (κ1) is 5.83. The van der Waals surface area contributed by atoms with E-state index >= 15 is 0 Å². The van der Waals surface area contributed by atoms with Gasteiger partial charge in [0.05, 0.1) is 0 Å². The van der Waals surface area contributed by atoms with Crippen LogP contribution in [0.3, 0.4) is 0 Å². The van der Waals surface area contributed by atoms with Crippen LogP contribution >= 0.6 is 0 Å². The molecule has 0 radical (unpaired) electrons. The van der Waals surface area contributed by atoms with Crippen LogP contribution in [0.1, 0.15) is 6.42 Å². The van der Waals surface area contributed by atoms with Gasteiger partial charge in [-0.1, -0.05) is 0 Å². The van der Waals surface area contributed by atoms with Crippen LogP contribution in [0.5, 0.6) is 0 Å². The first-order valence-corrected chi connectivity index (χ1v) is 3.04. The molecular weight excluding hydrogens is 100 g/mol. The molecule has 2 atom stereocenters. The van der Waals surface area contributed by atoms with Crippen LogP contribution in [0.4, 0.5) is 0 Å². The SMILES string of the molecule is C1OCC2CC12.C=C. The summed E-state index contributed by atoms with van der Waals surface area (Å²) in [7, 11) is 0. The van der Waals surface area contributed by atoms with Gasteiger partial charge in [-0.15, -0.1) is 13.2 Å². The molecule has 46 valence electrons. The number of hydrogen-bond acceptors (Lipinski definition) is 1. The molecule has 0 aromatic heterocycles. The highest BCUT2D eigenvalue weighted by Gasteiger charge is 2.41. The molecule has 1 aliphatic heterocycles. The van der Waals surface area contributed by atoms with E-state index in [1.54, 1.807) is 0 Å². The maximum Gasteiger partial charge on any atom is 0.0498 e. The van der Waals surface area contributed by atoms with Crippen molar-refractivity contribution in [1.29, 1.82) is 0 Å². The van der Waals surface area contributed by atoms with Crippen LogP contribution in [0.15, 0.2) is 13.2 Å². The van der Waals surface area contributed by atoms with E-state index in [9.17, 15) is 0 Å². The van der Waals surface area contributed by atoms with E-state index in [0.717, 1.165) is 25.0 Å². The molecule has 2 unspecified atom stereocenters. The molecule has 0 bridgehead atoms. The Morgan fingerprint density at radius 1 is 1.12 bits per heavy atom. The molecule has 1 nitrogen and oxygen atoms in total. The minimum atomic E-state index is 0.991. The lowest BCUT2D eigenvalue weighted by molar-refractivity contribution is 0.165. The van der Waals surface area contributed by atoms with Crippen molar-refractivity contribution in [2.75, 3.05) is 13.2 Å². The molecule has 1 heterocycles. The van der Waals surface area contributed by atoms with Gasteiger partial charge in [0, 0.05) is 13.2 Å². The van der Waals surface area contributed by atoms with E-state index in [2.05, 4.69) is 13.2 Å². The van der Waals surface area contributed by atoms with Gasteiger partial charge in [0.1, 0.15) is 0 Å². The third kappa shape index (κ3) is 0.920. The molecule has 2 fully saturated rings. The summed E-state index contributed by atoms with van der Waals surface area (Å²) in [6.45, 7) is 8.12. The topological polar surface area (TPSA) is 9.23 Å². The van der Waals surface area contributed by atoms with Gasteiger partial charge in [0.2, 0.25) is 0 Å². The predicted molar refractivity (Wildman–Crippen MR) is 33.7 cm³/mol. The highest BCUT2D eigenvalue weighted by Crippen LogP contribution is 2.43. The summed E-state index contributed by atoms with van der Waals surface area (Å²) in [6, 6.07) is 0. The summed E-state index contributed by atoms with van der Waals surface area (Å²) < 4.78 is 5.11. The van der Waals surface area contributed by atoms with E-state index in [1.165, 1.54) is 6.42 Å². The highest BCUT2D eigenvalue weighted by atomic mass is 16.5. The second-order valence-corrected chi connectivity index (χ2v) is 2.29. The quantitative estimate of drug-likeness (QED) is 0.431. The van der Waals surface area contributed by atoms with Crippen molar-refractivity contribution in [3.63, 3.8) is 0 Å². The molecule has 1 aliphatic carbocycles. The van der Waals surface area contributed by atoms with Gasteiger partial charge >= 0.3 is 0 Å². The number of ether oxygens (including phenoxy) is 1. The standard InChI is InChI=1S/C5H8O.C2H4/c1-4-2-6-3-5(1)4;1-2/h4-5H,1-3H2;1-2H2. The minimum Gasteiger partial charge on any atom is -0.381 e. The van der Waals surface area contributed by atoms with Crippen LogP contribution in [0.25, 0.3) is 0 Å². The molecular formula is C7H12O. The number of rotatable bonds is 0. The monoisotopic (exact) mass is 112 g/mol. The molecule has 0 aromatic rings. The van der Waals surface area contributed by atoms with E-state index in [4.69, 9.17) is 4.74 Å². The Balaban J connectivity index is 0.000000147. The number of hydrogen-bond donors (Lipinski definition) is 0. The first-order valence-electron chi connectivity index (χ1n) is 3.04. The summed E-state index contributed by atoms with van der Waals surface area (Å²) >= 11 is 0. The van der Waals surface area contributed by atoms with Crippen LogP contribution in [-0.2, 0) is 4.74 Å². The second-order valence-electron chi connectivity index (χ2n) is 2.29. The van der Waals surface area contributed by atoms with Crippen LogP contribution < -0.4 is 0 Å². The molecule has 1 heteroatoms. The molecule has 1 saturated heterocycles. The Labute approximate surface area is 50.3 Å². The fourth-order valence-corrected chi connectivity index (χ4v) is 1.09. The van der Waals surface area contributed by atoms with Gasteiger partial charge in [0.25, 0.3) is 0 Å². The molecule has 0 spiro atoms. The van der Waals surface area contributed by atoms with E-state index < -0.39 is 0 Å². The molecule has 2 aliphatic rings. The van der Waals surface area contributed by atoms with Crippen molar-refractivity contribution in [2.24, 2.45) is 11.8 Å².